The van der Waals surface area contributed by atoms with Crippen LogP contribution in [0.2, 0.25) is 0 Å². The third-order valence-corrected chi connectivity index (χ3v) is 7.06. The average molecular weight is 482 g/mol. The second-order valence-corrected chi connectivity index (χ2v) is 9.99. The molecule has 0 amide bonds. The number of nitrogens with one attached hydrogen (secondary N) is 2. The molecule has 3 heterocycles. The van der Waals surface area contributed by atoms with Crippen LogP contribution in [0.1, 0.15) is 23.6 Å². The van der Waals surface area contributed by atoms with Gasteiger partial charge in [-0.2, -0.15) is 10.1 Å². The quantitative estimate of drug-likeness (QED) is 0.360. The number of aromatic amines is 1. The lowest BCUT2D eigenvalue weighted by molar-refractivity contribution is 0.307. The largest absolute Gasteiger partial charge is 0.394 e. The average Bonchev–Trinajstić information content (AvgIpc) is 3.42. The van der Waals surface area contributed by atoms with Gasteiger partial charge < -0.3 is 15.4 Å². The van der Waals surface area contributed by atoms with Crippen molar-refractivity contribution < 1.29 is 13.5 Å². The molecule has 0 fully saturated rings. The van der Waals surface area contributed by atoms with Crippen LogP contribution in [0.25, 0.3) is 11.0 Å². The zero-order chi connectivity index (χ0) is 23.9. The lowest BCUT2D eigenvalue weighted by Crippen LogP contribution is -2.32. The Balaban J connectivity index is 1.42. The van der Waals surface area contributed by atoms with Gasteiger partial charge in [0, 0.05) is 23.6 Å². The fourth-order valence-corrected chi connectivity index (χ4v) is 5.25. The van der Waals surface area contributed by atoms with Crippen molar-refractivity contribution in [3.8, 4) is 0 Å². The summed E-state index contributed by atoms with van der Waals surface area (Å²) in [5.74, 6) is 0.362. The van der Waals surface area contributed by atoms with E-state index >= 15 is 0 Å². The number of aromatic nitrogens is 5. The molecule has 0 bridgehead atoms. The van der Waals surface area contributed by atoms with Crippen molar-refractivity contribution in [2.45, 2.75) is 18.9 Å². The maximum absolute atomic E-state index is 12.1. The molecule has 3 N–H and O–H groups in total. The number of pyridine rings is 1. The van der Waals surface area contributed by atoms with E-state index in [-0.39, 0.29) is 24.8 Å². The van der Waals surface area contributed by atoms with E-state index in [1.807, 2.05) is 10.7 Å². The number of hydrogen-bond donors (Lipinski definition) is 3. The van der Waals surface area contributed by atoms with E-state index in [1.54, 1.807) is 42.9 Å². The van der Waals surface area contributed by atoms with Crippen molar-refractivity contribution in [2.24, 2.45) is 0 Å². The molecular weight excluding hydrogens is 458 g/mol. The smallest absolute Gasteiger partial charge is 0.251 e. The molecule has 0 spiro atoms. The van der Waals surface area contributed by atoms with Crippen molar-refractivity contribution >= 4 is 38.4 Å². The number of benzene rings is 1. The number of hydrogen-bond acceptors (Lipinski definition) is 8. The van der Waals surface area contributed by atoms with Gasteiger partial charge in [-0.25, -0.2) is 18.1 Å². The van der Waals surface area contributed by atoms with Crippen molar-refractivity contribution in [2.75, 3.05) is 29.0 Å². The molecule has 176 valence electrons. The van der Waals surface area contributed by atoms with Gasteiger partial charge in [0.25, 0.3) is 5.56 Å². The zero-order valence-electron chi connectivity index (χ0n) is 18.3. The van der Waals surface area contributed by atoms with Crippen LogP contribution in [0.4, 0.5) is 17.3 Å². The lowest BCUT2D eigenvalue weighted by Gasteiger charge is -2.21. The van der Waals surface area contributed by atoms with Gasteiger partial charge in [0.1, 0.15) is 0 Å². The van der Waals surface area contributed by atoms with Gasteiger partial charge in [-0.1, -0.05) is 0 Å². The Labute approximate surface area is 195 Å². The van der Waals surface area contributed by atoms with Crippen LogP contribution in [0.3, 0.4) is 0 Å². The van der Waals surface area contributed by atoms with Crippen LogP contribution in [-0.2, 0) is 16.4 Å². The van der Waals surface area contributed by atoms with E-state index in [9.17, 15) is 18.3 Å². The molecule has 5 rings (SSSR count). The van der Waals surface area contributed by atoms with Gasteiger partial charge in [-0.05, 0) is 48.7 Å². The third-order valence-electron chi connectivity index (χ3n) is 5.87. The first-order chi connectivity index (χ1) is 16.3. The maximum Gasteiger partial charge on any atom is 0.251 e. The Bertz CT molecular complexity index is 1510. The summed E-state index contributed by atoms with van der Waals surface area (Å²) in [4.78, 5) is 23.9. The molecule has 1 aliphatic rings. The third kappa shape index (κ3) is 4.01. The first-order valence-corrected chi connectivity index (χ1v) is 12.6. The fraction of sp³-hybridized carbons (Fsp3) is 0.273. The highest BCUT2D eigenvalue weighted by Gasteiger charge is 2.28. The number of fused-ring (bicyclic) bond motifs is 2. The molecule has 3 aromatic heterocycles. The van der Waals surface area contributed by atoms with Gasteiger partial charge in [0.05, 0.1) is 42.7 Å². The molecule has 1 aromatic carbocycles. The summed E-state index contributed by atoms with van der Waals surface area (Å²) in [6, 6.07) is 8.57. The Morgan fingerprint density at radius 2 is 2.03 bits per heavy atom. The summed E-state index contributed by atoms with van der Waals surface area (Å²) < 4.78 is 26.9. The molecule has 0 saturated carbocycles. The van der Waals surface area contributed by atoms with E-state index < -0.39 is 10.0 Å². The first kappa shape index (κ1) is 22.0. The molecule has 34 heavy (non-hydrogen) atoms. The van der Waals surface area contributed by atoms with Gasteiger partial charge >= 0.3 is 0 Å². The molecule has 12 heteroatoms. The van der Waals surface area contributed by atoms with Crippen LogP contribution in [0.15, 0.2) is 53.7 Å². The number of aliphatic hydroxyl groups excluding tert-OH is 1. The molecule has 0 saturated heterocycles. The number of nitrogens with zero attached hydrogens (tertiary/aromatic N) is 5. The van der Waals surface area contributed by atoms with Crippen LogP contribution in [0, 0.1) is 0 Å². The predicted molar refractivity (Wildman–Crippen MR) is 128 cm³/mol. The Hall–Kier alpha value is -3.77. The Morgan fingerprint density at radius 3 is 2.76 bits per heavy atom. The number of H-pyrrole nitrogens is 1. The number of sulfonamides is 1. The van der Waals surface area contributed by atoms with Crippen LogP contribution in [0.5, 0.6) is 0 Å². The van der Waals surface area contributed by atoms with Gasteiger partial charge in [-0.3, -0.25) is 9.10 Å². The number of anilines is 3. The Morgan fingerprint density at radius 1 is 1.24 bits per heavy atom. The molecule has 1 aliphatic carbocycles. The summed E-state index contributed by atoms with van der Waals surface area (Å²) in [7, 11) is -3.51. The lowest BCUT2D eigenvalue weighted by atomic mass is 10.1. The second-order valence-electron chi connectivity index (χ2n) is 8.09. The first-order valence-electron chi connectivity index (χ1n) is 10.7. The van der Waals surface area contributed by atoms with Crippen LogP contribution < -0.4 is 15.2 Å². The van der Waals surface area contributed by atoms with E-state index in [4.69, 9.17) is 0 Å². The van der Waals surface area contributed by atoms with E-state index in [0.717, 1.165) is 33.5 Å². The van der Waals surface area contributed by atoms with Crippen LogP contribution in [-0.4, -0.2) is 57.7 Å². The van der Waals surface area contributed by atoms with E-state index in [2.05, 4.69) is 25.4 Å². The topological polar surface area (TPSA) is 146 Å². The van der Waals surface area contributed by atoms with E-state index in [0.29, 0.717) is 29.4 Å². The number of rotatable bonds is 7. The molecule has 11 nitrogen and oxygen atoms in total. The van der Waals surface area contributed by atoms with Gasteiger partial charge in [-0.15, -0.1) is 0 Å². The summed E-state index contributed by atoms with van der Waals surface area (Å²) in [5, 5.41) is 17.6. The summed E-state index contributed by atoms with van der Waals surface area (Å²) >= 11 is 0. The minimum atomic E-state index is -3.51. The molecule has 1 unspecified atom stereocenters. The van der Waals surface area contributed by atoms with Crippen molar-refractivity contribution in [1.29, 1.82) is 0 Å². The van der Waals surface area contributed by atoms with Crippen molar-refractivity contribution in [1.82, 2.24) is 24.7 Å². The summed E-state index contributed by atoms with van der Waals surface area (Å²) in [5.41, 5.74) is 3.45. The fourth-order valence-electron chi connectivity index (χ4n) is 4.33. The molecule has 1 atom stereocenters. The maximum atomic E-state index is 12.1. The zero-order valence-corrected chi connectivity index (χ0v) is 19.2. The monoisotopic (exact) mass is 481 g/mol. The molecule has 0 aliphatic heterocycles. The highest BCUT2D eigenvalue weighted by atomic mass is 32.2. The van der Waals surface area contributed by atoms with Crippen molar-refractivity contribution in [3.05, 3.63) is 70.4 Å². The highest BCUT2D eigenvalue weighted by Crippen LogP contribution is 2.33. The minimum absolute atomic E-state index is 0.0223. The Kier molecular flexibility index (Phi) is 5.54. The minimum Gasteiger partial charge on any atom is -0.394 e. The number of aliphatic hydroxyl groups is 1. The summed E-state index contributed by atoms with van der Waals surface area (Å²) in [6.45, 7) is -0.306. The van der Waals surface area contributed by atoms with Crippen molar-refractivity contribution in [3.63, 3.8) is 0 Å². The second kappa shape index (κ2) is 8.54. The van der Waals surface area contributed by atoms with Gasteiger partial charge in [0.2, 0.25) is 16.0 Å². The molecule has 4 aromatic rings. The van der Waals surface area contributed by atoms with Crippen LogP contribution >= 0.6 is 0 Å². The standard InChI is InChI=1S/C22H23N7O4S/c1-34(32,33)28(10-11-30)16-4-2-15(3-5-16)26-22-24-12-14-13-25-29(20(14)27-22)19-7-6-18-17(19)8-9-23-21(18)31/h2-5,8-9,12-13,19,30H,6-7,10-11H2,1H3,(H,23,31)(H,24,26,27). The molecular formula is C22H23N7O4S. The predicted octanol–water partition coefficient (Wildman–Crippen LogP) is 1.55. The SMILES string of the molecule is CS(=O)(=O)N(CCO)c1ccc(Nc2ncc3cnn(C4CCc5c4cc[nH]c5=O)c3n2)cc1. The highest BCUT2D eigenvalue weighted by molar-refractivity contribution is 7.92. The van der Waals surface area contributed by atoms with E-state index in [1.165, 1.54) is 0 Å². The molecule has 0 radical (unpaired) electrons. The van der Waals surface area contributed by atoms with Gasteiger partial charge in [0.15, 0.2) is 5.65 Å². The normalized spacial score (nSPS) is 15.4. The summed E-state index contributed by atoms with van der Waals surface area (Å²) in [6.07, 6.45) is 7.59.